The Morgan fingerprint density at radius 2 is 1.82 bits per heavy atom. The highest BCUT2D eigenvalue weighted by atomic mass is 32.1. The van der Waals surface area contributed by atoms with Crippen molar-refractivity contribution in [2.24, 2.45) is 0 Å². The molecule has 1 aliphatic heterocycles. The fraction of sp³-hybridized carbons (Fsp3) is 0.318. The summed E-state index contributed by atoms with van der Waals surface area (Å²) in [5, 5.41) is 13.4. The van der Waals surface area contributed by atoms with Gasteiger partial charge in [-0.15, -0.1) is 11.3 Å². The lowest BCUT2D eigenvalue weighted by Crippen LogP contribution is -2.42. The summed E-state index contributed by atoms with van der Waals surface area (Å²) in [6.07, 6.45) is 2.32. The van der Waals surface area contributed by atoms with Gasteiger partial charge >= 0.3 is 0 Å². The molecular weight excluding hydrogens is 370 g/mol. The third-order valence-corrected chi connectivity index (χ3v) is 6.45. The lowest BCUT2D eigenvalue weighted by molar-refractivity contribution is 0.0711. The standard InChI is InChI=1S/C22H25N3O2S/c26-22(24-27)21-13-18-7-6-17(12-20(18)28-21)15-25(19-8-10-23-11-9-19)14-16-4-2-1-3-5-16/h1-7,12-13,19,23,27H,8-11,14-15H2,(H,24,26). The van der Waals surface area contributed by atoms with Crippen molar-refractivity contribution in [2.45, 2.75) is 32.0 Å². The van der Waals surface area contributed by atoms with Crippen LogP contribution in [0.25, 0.3) is 10.1 Å². The summed E-state index contributed by atoms with van der Waals surface area (Å²) in [6, 6.07) is 19.4. The Morgan fingerprint density at radius 3 is 2.57 bits per heavy atom. The number of hydroxylamine groups is 1. The van der Waals surface area contributed by atoms with E-state index in [9.17, 15) is 4.79 Å². The fourth-order valence-electron chi connectivity index (χ4n) is 3.88. The number of carbonyl (C=O) groups is 1. The Labute approximate surface area is 168 Å². The SMILES string of the molecule is O=C(NO)c1cc2ccc(CN(Cc3ccccc3)C3CCNCC3)cc2s1. The van der Waals surface area contributed by atoms with Gasteiger partial charge in [0.1, 0.15) is 0 Å². The molecule has 0 radical (unpaired) electrons. The van der Waals surface area contributed by atoms with Crippen LogP contribution in [0.1, 0.15) is 33.6 Å². The quantitative estimate of drug-likeness (QED) is 0.439. The van der Waals surface area contributed by atoms with Gasteiger partial charge < -0.3 is 5.32 Å². The molecule has 6 heteroatoms. The first kappa shape index (κ1) is 19.1. The van der Waals surface area contributed by atoms with E-state index in [0.717, 1.165) is 49.1 Å². The highest BCUT2D eigenvalue weighted by Crippen LogP contribution is 2.28. The van der Waals surface area contributed by atoms with Crippen molar-refractivity contribution < 1.29 is 10.0 Å². The molecule has 2 heterocycles. The third kappa shape index (κ3) is 4.42. The molecule has 0 aliphatic carbocycles. The fourth-order valence-corrected chi connectivity index (χ4v) is 4.90. The molecule has 3 aromatic rings. The second-order valence-electron chi connectivity index (χ2n) is 7.30. The van der Waals surface area contributed by atoms with E-state index in [0.29, 0.717) is 10.9 Å². The number of rotatable bonds is 6. The minimum Gasteiger partial charge on any atom is -0.317 e. The minimum absolute atomic E-state index is 0.455. The number of amides is 1. The van der Waals surface area contributed by atoms with E-state index in [1.54, 1.807) is 5.48 Å². The maximum absolute atomic E-state index is 11.7. The number of piperidine rings is 1. The number of thiophene rings is 1. The number of nitrogens with zero attached hydrogens (tertiary/aromatic N) is 1. The van der Waals surface area contributed by atoms with E-state index in [1.165, 1.54) is 22.5 Å². The van der Waals surface area contributed by atoms with Crippen LogP contribution < -0.4 is 10.8 Å². The number of nitrogens with one attached hydrogen (secondary N) is 2. The first-order valence-electron chi connectivity index (χ1n) is 9.68. The molecule has 1 aliphatic rings. The van der Waals surface area contributed by atoms with Crippen molar-refractivity contribution >= 4 is 27.3 Å². The van der Waals surface area contributed by atoms with Crippen LogP contribution in [-0.4, -0.2) is 35.1 Å². The van der Waals surface area contributed by atoms with Gasteiger partial charge in [-0.2, -0.15) is 0 Å². The summed E-state index contributed by atoms with van der Waals surface area (Å²) in [5.74, 6) is -0.455. The molecule has 1 amide bonds. The highest BCUT2D eigenvalue weighted by Gasteiger charge is 2.21. The van der Waals surface area contributed by atoms with Crippen LogP contribution in [0.4, 0.5) is 0 Å². The molecule has 0 bridgehead atoms. The summed E-state index contributed by atoms with van der Waals surface area (Å²) >= 11 is 1.41. The Balaban J connectivity index is 1.57. The molecule has 1 saturated heterocycles. The molecule has 0 spiro atoms. The molecule has 4 rings (SSSR count). The van der Waals surface area contributed by atoms with Crippen LogP contribution in [0.2, 0.25) is 0 Å². The second-order valence-corrected chi connectivity index (χ2v) is 8.38. The number of fused-ring (bicyclic) bond motifs is 1. The maximum atomic E-state index is 11.7. The van der Waals surface area contributed by atoms with Gasteiger partial charge in [-0.25, -0.2) is 5.48 Å². The van der Waals surface area contributed by atoms with Crippen molar-refractivity contribution in [2.75, 3.05) is 13.1 Å². The van der Waals surface area contributed by atoms with Gasteiger partial charge in [-0.05, 0) is 54.6 Å². The van der Waals surface area contributed by atoms with Crippen LogP contribution in [0.5, 0.6) is 0 Å². The van der Waals surface area contributed by atoms with Gasteiger partial charge in [0.15, 0.2) is 0 Å². The zero-order valence-corrected chi connectivity index (χ0v) is 16.5. The Hall–Kier alpha value is -2.25. The Bertz CT molecular complexity index is 935. The predicted octanol–water partition coefficient (Wildman–Crippen LogP) is 3.77. The van der Waals surface area contributed by atoms with Crippen molar-refractivity contribution in [1.29, 1.82) is 0 Å². The molecular formula is C22H25N3O2S. The first-order chi connectivity index (χ1) is 13.7. The van der Waals surface area contributed by atoms with E-state index >= 15 is 0 Å². The third-order valence-electron chi connectivity index (χ3n) is 5.35. The van der Waals surface area contributed by atoms with E-state index < -0.39 is 5.91 Å². The summed E-state index contributed by atoms with van der Waals surface area (Å²) < 4.78 is 1.07. The van der Waals surface area contributed by atoms with Gasteiger partial charge in [0.05, 0.1) is 4.88 Å². The highest BCUT2D eigenvalue weighted by molar-refractivity contribution is 7.20. The first-order valence-corrected chi connectivity index (χ1v) is 10.5. The average Bonchev–Trinajstić information content (AvgIpc) is 3.17. The molecule has 3 N–H and O–H groups in total. The molecule has 5 nitrogen and oxygen atoms in total. The Morgan fingerprint density at radius 1 is 1.07 bits per heavy atom. The van der Waals surface area contributed by atoms with Crippen LogP contribution in [-0.2, 0) is 13.1 Å². The summed E-state index contributed by atoms with van der Waals surface area (Å²) in [6.45, 7) is 3.96. The molecule has 2 aromatic carbocycles. The maximum Gasteiger partial charge on any atom is 0.284 e. The van der Waals surface area contributed by atoms with Crippen molar-refractivity contribution in [3.8, 4) is 0 Å². The van der Waals surface area contributed by atoms with Gasteiger partial charge in [0, 0.05) is 23.8 Å². The molecule has 1 fully saturated rings. The lowest BCUT2D eigenvalue weighted by atomic mass is 10.0. The molecule has 28 heavy (non-hydrogen) atoms. The van der Waals surface area contributed by atoms with E-state index in [4.69, 9.17) is 5.21 Å². The number of hydrogen-bond acceptors (Lipinski definition) is 5. The lowest BCUT2D eigenvalue weighted by Gasteiger charge is -2.35. The van der Waals surface area contributed by atoms with E-state index in [2.05, 4.69) is 58.7 Å². The van der Waals surface area contributed by atoms with E-state index in [1.807, 2.05) is 6.07 Å². The number of hydrogen-bond donors (Lipinski definition) is 3. The monoisotopic (exact) mass is 395 g/mol. The van der Waals surface area contributed by atoms with Gasteiger partial charge in [0.2, 0.25) is 0 Å². The van der Waals surface area contributed by atoms with Crippen LogP contribution in [0.3, 0.4) is 0 Å². The van der Waals surface area contributed by atoms with E-state index in [-0.39, 0.29) is 0 Å². The minimum atomic E-state index is -0.455. The van der Waals surface area contributed by atoms with Crippen LogP contribution >= 0.6 is 11.3 Å². The van der Waals surface area contributed by atoms with Crippen molar-refractivity contribution in [1.82, 2.24) is 15.7 Å². The molecule has 0 unspecified atom stereocenters. The zero-order valence-electron chi connectivity index (χ0n) is 15.7. The second kappa shape index (κ2) is 8.84. The van der Waals surface area contributed by atoms with Crippen LogP contribution in [0.15, 0.2) is 54.6 Å². The zero-order chi connectivity index (χ0) is 19.3. The normalized spacial score (nSPS) is 15.2. The van der Waals surface area contributed by atoms with Gasteiger partial charge in [0.25, 0.3) is 5.91 Å². The number of benzene rings is 2. The molecule has 0 saturated carbocycles. The molecule has 0 atom stereocenters. The van der Waals surface area contributed by atoms with Gasteiger partial charge in [-0.3, -0.25) is 14.9 Å². The average molecular weight is 396 g/mol. The molecule has 1 aromatic heterocycles. The van der Waals surface area contributed by atoms with Gasteiger partial charge in [-0.1, -0.05) is 42.5 Å². The summed E-state index contributed by atoms with van der Waals surface area (Å²) in [7, 11) is 0. The number of carbonyl (C=O) groups excluding carboxylic acids is 1. The largest absolute Gasteiger partial charge is 0.317 e. The summed E-state index contributed by atoms with van der Waals surface area (Å²) in [4.78, 5) is 14.8. The smallest absolute Gasteiger partial charge is 0.284 e. The van der Waals surface area contributed by atoms with Crippen molar-refractivity contribution in [3.05, 3.63) is 70.6 Å². The van der Waals surface area contributed by atoms with Crippen LogP contribution in [0, 0.1) is 0 Å². The predicted molar refractivity (Wildman–Crippen MR) is 113 cm³/mol. The summed E-state index contributed by atoms with van der Waals surface area (Å²) in [5.41, 5.74) is 4.30. The topological polar surface area (TPSA) is 64.6 Å². The molecule has 146 valence electrons. The van der Waals surface area contributed by atoms with Crippen molar-refractivity contribution in [3.63, 3.8) is 0 Å². The Kier molecular flexibility index (Phi) is 6.02.